The zero-order valence-electron chi connectivity index (χ0n) is 14.3. The summed E-state index contributed by atoms with van der Waals surface area (Å²) in [6, 6.07) is 10.5. The van der Waals surface area contributed by atoms with E-state index in [0.717, 1.165) is 0 Å². The van der Waals surface area contributed by atoms with E-state index in [1.165, 1.54) is 32.4 Å². The molecule has 0 fully saturated rings. The predicted molar refractivity (Wildman–Crippen MR) is 91.0 cm³/mol. The number of amides is 1. The Hall–Kier alpha value is -3.29. The number of anilines is 1. The van der Waals surface area contributed by atoms with Gasteiger partial charge in [-0.25, -0.2) is 9.18 Å². The van der Waals surface area contributed by atoms with Gasteiger partial charge in [0.05, 0.1) is 14.2 Å². The maximum Gasteiger partial charge on any atom is 0.344 e. The Labute approximate surface area is 149 Å². The molecule has 0 spiro atoms. The van der Waals surface area contributed by atoms with Crippen LogP contribution in [0.4, 0.5) is 10.1 Å². The van der Waals surface area contributed by atoms with Crippen molar-refractivity contribution in [1.82, 2.24) is 0 Å². The van der Waals surface area contributed by atoms with Crippen molar-refractivity contribution in [3.05, 3.63) is 48.3 Å². The molecular weight excluding hydrogens is 345 g/mol. The molecule has 0 saturated heterocycles. The van der Waals surface area contributed by atoms with Gasteiger partial charge in [0.1, 0.15) is 0 Å². The number of carbonyl (C=O) groups is 2. The lowest BCUT2D eigenvalue weighted by molar-refractivity contribution is -0.149. The molecule has 0 aliphatic rings. The van der Waals surface area contributed by atoms with Crippen molar-refractivity contribution in [2.45, 2.75) is 0 Å². The van der Waals surface area contributed by atoms with E-state index in [9.17, 15) is 14.0 Å². The van der Waals surface area contributed by atoms with Crippen LogP contribution in [0.15, 0.2) is 42.5 Å². The molecule has 0 heterocycles. The van der Waals surface area contributed by atoms with Crippen LogP contribution in [0.1, 0.15) is 0 Å². The summed E-state index contributed by atoms with van der Waals surface area (Å²) in [5.41, 5.74) is 0.450. The first-order valence-corrected chi connectivity index (χ1v) is 7.58. The van der Waals surface area contributed by atoms with Crippen molar-refractivity contribution in [3.8, 4) is 17.2 Å². The number of nitrogens with one attached hydrogen (secondary N) is 1. The molecule has 2 aromatic carbocycles. The Morgan fingerprint density at radius 3 is 2.38 bits per heavy atom. The fraction of sp³-hybridized carbons (Fsp3) is 0.222. The Bertz CT molecular complexity index is 780. The van der Waals surface area contributed by atoms with Crippen molar-refractivity contribution >= 4 is 17.6 Å². The van der Waals surface area contributed by atoms with Gasteiger partial charge in [-0.1, -0.05) is 12.1 Å². The molecule has 0 bridgehead atoms. The first-order valence-electron chi connectivity index (χ1n) is 7.58. The molecule has 2 aromatic rings. The number of esters is 1. The first kappa shape index (κ1) is 19.0. The lowest BCUT2D eigenvalue weighted by atomic mass is 10.2. The average molecular weight is 363 g/mol. The van der Waals surface area contributed by atoms with E-state index in [2.05, 4.69) is 5.32 Å². The maximum atomic E-state index is 13.4. The highest BCUT2D eigenvalue weighted by Gasteiger charge is 2.11. The Morgan fingerprint density at radius 1 is 0.962 bits per heavy atom. The fourth-order valence-corrected chi connectivity index (χ4v) is 2.00. The van der Waals surface area contributed by atoms with E-state index in [1.54, 1.807) is 24.3 Å². The van der Waals surface area contributed by atoms with E-state index in [1.807, 2.05) is 0 Å². The number of benzene rings is 2. The normalized spacial score (nSPS) is 9.96. The van der Waals surface area contributed by atoms with Crippen LogP contribution in [0.25, 0.3) is 0 Å². The van der Waals surface area contributed by atoms with Gasteiger partial charge in [0, 0.05) is 11.8 Å². The van der Waals surface area contributed by atoms with Gasteiger partial charge in [-0.3, -0.25) is 4.79 Å². The van der Waals surface area contributed by atoms with Gasteiger partial charge in [-0.05, 0) is 24.3 Å². The minimum atomic E-state index is -0.796. The van der Waals surface area contributed by atoms with Crippen molar-refractivity contribution in [3.63, 3.8) is 0 Å². The Balaban J connectivity index is 1.79. The summed E-state index contributed by atoms with van der Waals surface area (Å²) in [6.07, 6.45) is 0. The monoisotopic (exact) mass is 363 g/mol. The van der Waals surface area contributed by atoms with Crippen molar-refractivity contribution in [2.24, 2.45) is 0 Å². The number of hydrogen-bond donors (Lipinski definition) is 1. The van der Waals surface area contributed by atoms with Gasteiger partial charge in [0.25, 0.3) is 5.91 Å². The summed E-state index contributed by atoms with van der Waals surface area (Å²) in [5, 5.41) is 2.55. The van der Waals surface area contributed by atoms with Gasteiger partial charge in [0.15, 0.2) is 36.3 Å². The highest BCUT2D eigenvalue weighted by molar-refractivity contribution is 5.93. The van der Waals surface area contributed by atoms with Gasteiger partial charge in [-0.2, -0.15) is 0 Å². The summed E-state index contributed by atoms with van der Waals surface area (Å²) in [5.74, 6) is -1.04. The summed E-state index contributed by atoms with van der Waals surface area (Å²) in [7, 11) is 2.97. The molecule has 26 heavy (non-hydrogen) atoms. The molecule has 0 unspecified atom stereocenters. The van der Waals surface area contributed by atoms with E-state index in [4.69, 9.17) is 18.9 Å². The zero-order valence-corrected chi connectivity index (χ0v) is 14.3. The van der Waals surface area contributed by atoms with Crippen LogP contribution < -0.4 is 19.5 Å². The predicted octanol–water partition coefficient (Wildman–Crippen LogP) is 2.40. The smallest absolute Gasteiger partial charge is 0.344 e. The van der Waals surface area contributed by atoms with Crippen LogP contribution in [0.3, 0.4) is 0 Å². The second-order valence-electron chi connectivity index (χ2n) is 5.00. The number of carbonyl (C=O) groups excluding carboxylic acids is 2. The second-order valence-corrected chi connectivity index (χ2v) is 5.00. The van der Waals surface area contributed by atoms with E-state index in [-0.39, 0.29) is 5.75 Å². The number of ether oxygens (including phenoxy) is 4. The molecular formula is C18H18FNO6. The third-order valence-corrected chi connectivity index (χ3v) is 3.21. The van der Waals surface area contributed by atoms with E-state index >= 15 is 0 Å². The number of hydrogen-bond acceptors (Lipinski definition) is 6. The maximum absolute atomic E-state index is 13.4. The summed E-state index contributed by atoms with van der Waals surface area (Å²) in [6.45, 7) is -1.02. The van der Waals surface area contributed by atoms with Gasteiger partial charge >= 0.3 is 5.97 Å². The van der Waals surface area contributed by atoms with Crippen molar-refractivity contribution in [1.29, 1.82) is 0 Å². The fourth-order valence-electron chi connectivity index (χ4n) is 2.00. The summed E-state index contributed by atoms with van der Waals surface area (Å²) >= 11 is 0. The number of methoxy groups -OCH3 is 2. The van der Waals surface area contributed by atoms with E-state index in [0.29, 0.717) is 17.2 Å². The lowest BCUT2D eigenvalue weighted by Crippen LogP contribution is -2.23. The lowest BCUT2D eigenvalue weighted by Gasteiger charge is -2.11. The molecule has 1 N–H and O–H groups in total. The summed E-state index contributed by atoms with van der Waals surface area (Å²) < 4.78 is 33.4. The number of rotatable bonds is 8. The third kappa shape index (κ3) is 5.37. The van der Waals surface area contributed by atoms with Crippen molar-refractivity contribution in [2.75, 3.05) is 32.8 Å². The van der Waals surface area contributed by atoms with Crippen LogP contribution in [0.5, 0.6) is 17.2 Å². The quantitative estimate of drug-likeness (QED) is 0.725. The second kappa shape index (κ2) is 9.26. The Morgan fingerprint density at radius 2 is 1.69 bits per heavy atom. The first-order chi connectivity index (χ1) is 12.5. The highest BCUT2D eigenvalue weighted by Crippen LogP contribution is 2.29. The molecule has 1 amide bonds. The van der Waals surface area contributed by atoms with Crippen LogP contribution in [-0.2, 0) is 14.3 Å². The Kier molecular flexibility index (Phi) is 6.78. The topological polar surface area (TPSA) is 83.1 Å². The standard InChI is InChI=1S/C18H18FNO6/c1-23-15-8-7-12(9-16(15)24-2)20-17(21)10-26-18(22)11-25-14-6-4-3-5-13(14)19/h3-9H,10-11H2,1-2H3,(H,20,21). The van der Waals surface area contributed by atoms with Gasteiger partial charge < -0.3 is 24.3 Å². The van der Waals surface area contributed by atoms with E-state index < -0.39 is 30.9 Å². The van der Waals surface area contributed by atoms with Crippen LogP contribution in [0, 0.1) is 5.82 Å². The average Bonchev–Trinajstić information content (AvgIpc) is 2.65. The van der Waals surface area contributed by atoms with Gasteiger partial charge in [-0.15, -0.1) is 0 Å². The molecule has 8 heteroatoms. The molecule has 138 valence electrons. The molecule has 0 saturated carbocycles. The molecule has 0 aliphatic heterocycles. The molecule has 0 aromatic heterocycles. The minimum absolute atomic E-state index is 0.0702. The molecule has 7 nitrogen and oxygen atoms in total. The third-order valence-electron chi connectivity index (χ3n) is 3.21. The molecule has 0 radical (unpaired) electrons. The zero-order chi connectivity index (χ0) is 18.9. The van der Waals surface area contributed by atoms with Gasteiger partial charge in [0.2, 0.25) is 0 Å². The number of para-hydroxylation sites is 1. The van der Waals surface area contributed by atoms with Crippen LogP contribution in [-0.4, -0.2) is 39.3 Å². The summed E-state index contributed by atoms with van der Waals surface area (Å²) in [4.78, 5) is 23.4. The molecule has 0 aliphatic carbocycles. The SMILES string of the molecule is COc1ccc(NC(=O)COC(=O)COc2ccccc2F)cc1OC. The molecule has 0 atom stereocenters. The van der Waals surface area contributed by atoms with Crippen LogP contribution >= 0.6 is 0 Å². The molecule has 2 rings (SSSR count). The minimum Gasteiger partial charge on any atom is -0.493 e. The largest absolute Gasteiger partial charge is 0.493 e. The highest BCUT2D eigenvalue weighted by atomic mass is 19.1. The van der Waals surface area contributed by atoms with Crippen molar-refractivity contribution < 1.29 is 32.9 Å². The van der Waals surface area contributed by atoms with Crippen LogP contribution in [0.2, 0.25) is 0 Å². The number of halogens is 1.